The van der Waals surface area contributed by atoms with Crippen molar-refractivity contribution in [3.05, 3.63) is 35.7 Å². The van der Waals surface area contributed by atoms with Gasteiger partial charge in [0.1, 0.15) is 6.33 Å². The Morgan fingerprint density at radius 3 is 2.90 bits per heavy atom. The Morgan fingerprint density at radius 2 is 2.05 bits per heavy atom. The van der Waals surface area contributed by atoms with Gasteiger partial charge >= 0.3 is 0 Å². The lowest BCUT2D eigenvalue weighted by molar-refractivity contribution is 0.415. The lowest BCUT2D eigenvalue weighted by Crippen LogP contribution is -2.08. The summed E-state index contributed by atoms with van der Waals surface area (Å²) in [4.78, 5) is 8.17. The second-order valence-corrected chi connectivity index (χ2v) is 4.92. The van der Waals surface area contributed by atoms with Crippen molar-refractivity contribution in [2.45, 2.75) is 25.7 Å². The molecule has 5 heteroatoms. The molecular weight excluding hydrogens is 252 g/mol. The van der Waals surface area contributed by atoms with Gasteiger partial charge in [0, 0.05) is 5.69 Å². The second-order valence-electron chi connectivity index (χ2n) is 4.92. The number of fused-ring (bicyclic) bond motifs is 1. The quantitative estimate of drug-likeness (QED) is 0.897. The maximum Gasteiger partial charge on any atom is 0.204 e. The van der Waals surface area contributed by atoms with E-state index in [0.29, 0.717) is 17.4 Å². The first-order valence-electron chi connectivity index (χ1n) is 6.82. The van der Waals surface area contributed by atoms with E-state index < -0.39 is 0 Å². The van der Waals surface area contributed by atoms with Crippen molar-refractivity contribution in [1.82, 2.24) is 9.97 Å². The topological polar surface area (TPSA) is 73.1 Å². The van der Waals surface area contributed by atoms with Crippen LogP contribution in [0.25, 0.3) is 0 Å². The largest absolute Gasteiger partial charge is 0.490 e. The zero-order chi connectivity index (χ0) is 13.9. The molecule has 0 spiro atoms. The molecule has 0 aliphatic heterocycles. The summed E-state index contributed by atoms with van der Waals surface area (Å²) in [5.41, 5.74) is 9.68. The molecule has 1 aromatic heterocycles. The summed E-state index contributed by atoms with van der Waals surface area (Å²) < 4.78 is 5.28. The van der Waals surface area contributed by atoms with Crippen molar-refractivity contribution >= 4 is 17.3 Å². The van der Waals surface area contributed by atoms with Crippen LogP contribution < -0.4 is 15.8 Å². The van der Waals surface area contributed by atoms with Crippen LogP contribution in [0.4, 0.5) is 17.3 Å². The lowest BCUT2D eigenvalue weighted by atomic mass is 9.90. The number of methoxy groups -OCH3 is 1. The van der Waals surface area contributed by atoms with Crippen LogP contribution in [0.3, 0.4) is 0 Å². The molecule has 1 aliphatic carbocycles. The number of nitrogens with one attached hydrogen (secondary N) is 1. The van der Waals surface area contributed by atoms with E-state index in [1.54, 1.807) is 7.11 Å². The van der Waals surface area contributed by atoms with Gasteiger partial charge in [0.15, 0.2) is 11.6 Å². The number of nitrogens with two attached hydrogens (primary N) is 1. The molecule has 1 heterocycles. The van der Waals surface area contributed by atoms with Crippen molar-refractivity contribution in [3.8, 4) is 5.75 Å². The highest BCUT2D eigenvalue weighted by atomic mass is 16.5. The molecule has 2 aromatic rings. The van der Waals surface area contributed by atoms with Crippen molar-refractivity contribution < 1.29 is 4.74 Å². The molecule has 0 radical (unpaired) electrons. The van der Waals surface area contributed by atoms with Crippen LogP contribution in [0.5, 0.6) is 5.75 Å². The van der Waals surface area contributed by atoms with Crippen molar-refractivity contribution in [2.75, 3.05) is 18.2 Å². The number of aromatic nitrogens is 2. The van der Waals surface area contributed by atoms with Gasteiger partial charge in [0.25, 0.3) is 0 Å². The second kappa shape index (κ2) is 5.36. The van der Waals surface area contributed by atoms with Crippen LogP contribution in [0, 0.1) is 0 Å². The number of aryl methyl sites for hydroxylation is 1. The molecule has 0 saturated heterocycles. The average molecular weight is 270 g/mol. The van der Waals surface area contributed by atoms with Crippen molar-refractivity contribution in [1.29, 1.82) is 0 Å². The van der Waals surface area contributed by atoms with Gasteiger partial charge < -0.3 is 15.8 Å². The summed E-state index contributed by atoms with van der Waals surface area (Å²) in [5, 5.41) is 3.34. The normalized spacial score (nSPS) is 13.7. The van der Waals surface area contributed by atoms with E-state index >= 15 is 0 Å². The average Bonchev–Trinajstić information content (AvgIpc) is 2.48. The van der Waals surface area contributed by atoms with Crippen molar-refractivity contribution in [2.24, 2.45) is 0 Å². The van der Waals surface area contributed by atoms with Gasteiger partial charge in [-0.2, -0.15) is 0 Å². The molecule has 0 fully saturated rings. The summed E-state index contributed by atoms with van der Waals surface area (Å²) in [6.45, 7) is 0. The predicted octanol–water partition coefficient (Wildman–Crippen LogP) is 2.69. The monoisotopic (exact) mass is 270 g/mol. The number of hydrogen-bond acceptors (Lipinski definition) is 5. The third kappa shape index (κ3) is 2.27. The van der Waals surface area contributed by atoms with E-state index in [1.807, 2.05) is 0 Å². The Balaban J connectivity index is 1.98. The van der Waals surface area contributed by atoms with Gasteiger partial charge in [-0.25, -0.2) is 9.97 Å². The highest BCUT2D eigenvalue weighted by Crippen LogP contribution is 2.33. The highest BCUT2D eigenvalue weighted by Gasteiger charge is 2.15. The minimum absolute atomic E-state index is 0.342. The van der Waals surface area contributed by atoms with Crippen LogP contribution in [0.2, 0.25) is 0 Å². The van der Waals surface area contributed by atoms with Crippen LogP contribution in [0.15, 0.2) is 24.5 Å². The summed E-state index contributed by atoms with van der Waals surface area (Å²) in [6, 6.07) is 6.34. The molecule has 0 amide bonds. The fraction of sp³-hybridized carbons (Fsp3) is 0.333. The molecular formula is C15H18N4O. The zero-order valence-corrected chi connectivity index (χ0v) is 11.5. The predicted molar refractivity (Wildman–Crippen MR) is 79.4 cm³/mol. The first-order chi connectivity index (χ1) is 9.79. The Morgan fingerprint density at radius 1 is 1.20 bits per heavy atom. The molecule has 0 saturated carbocycles. The van der Waals surface area contributed by atoms with E-state index in [2.05, 4.69) is 33.5 Å². The Bertz CT molecular complexity index is 627. The van der Waals surface area contributed by atoms with Crippen LogP contribution >= 0.6 is 0 Å². The number of nitrogens with zero attached hydrogens (tertiary/aromatic N) is 2. The molecule has 1 aromatic carbocycles. The van der Waals surface area contributed by atoms with Gasteiger partial charge in [-0.15, -0.1) is 0 Å². The standard InChI is InChI=1S/C15H18N4O/c1-20-13-14(16)17-9-18-15(13)19-12-8-4-6-10-5-2-3-7-11(10)12/h4,6,8-9H,2-3,5,7H2,1H3,(H3,16,17,18,19). The number of nitrogen functional groups attached to an aromatic ring is 1. The fourth-order valence-corrected chi connectivity index (χ4v) is 2.70. The molecule has 3 N–H and O–H groups in total. The zero-order valence-electron chi connectivity index (χ0n) is 11.5. The SMILES string of the molecule is COc1c(N)ncnc1Nc1cccc2c1CCCC2. The first kappa shape index (κ1) is 12.7. The number of hydrogen-bond donors (Lipinski definition) is 2. The van der Waals surface area contributed by atoms with Gasteiger partial charge in [-0.05, 0) is 42.9 Å². The Kier molecular flexibility index (Phi) is 3.41. The van der Waals surface area contributed by atoms with E-state index in [4.69, 9.17) is 10.5 Å². The van der Waals surface area contributed by atoms with Gasteiger partial charge in [-0.1, -0.05) is 12.1 Å². The molecule has 1 aliphatic rings. The molecule has 0 bridgehead atoms. The van der Waals surface area contributed by atoms with Crippen LogP contribution in [-0.2, 0) is 12.8 Å². The molecule has 104 valence electrons. The van der Waals surface area contributed by atoms with Crippen LogP contribution in [0.1, 0.15) is 24.0 Å². The maximum atomic E-state index is 5.81. The Hall–Kier alpha value is -2.30. The third-order valence-electron chi connectivity index (χ3n) is 3.68. The van der Waals surface area contributed by atoms with E-state index in [0.717, 1.165) is 18.5 Å². The number of benzene rings is 1. The summed E-state index contributed by atoms with van der Waals surface area (Å²) in [5.74, 6) is 1.44. The Labute approximate surface area is 118 Å². The van der Waals surface area contributed by atoms with Gasteiger partial charge in [-0.3, -0.25) is 0 Å². The number of ether oxygens (including phenoxy) is 1. The van der Waals surface area contributed by atoms with E-state index in [-0.39, 0.29) is 0 Å². The lowest BCUT2D eigenvalue weighted by Gasteiger charge is -2.20. The summed E-state index contributed by atoms with van der Waals surface area (Å²) in [6.07, 6.45) is 6.18. The smallest absolute Gasteiger partial charge is 0.204 e. The highest BCUT2D eigenvalue weighted by molar-refractivity contribution is 5.70. The molecule has 0 unspecified atom stereocenters. The fourth-order valence-electron chi connectivity index (χ4n) is 2.70. The molecule has 3 rings (SSSR count). The molecule has 20 heavy (non-hydrogen) atoms. The third-order valence-corrected chi connectivity index (χ3v) is 3.68. The number of anilines is 3. The van der Waals surface area contributed by atoms with Gasteiger partial charge in [0.05, 0.1) is 7.11 Å². The minimum atomic E-state index is 0.342. The van der Waals surface area contributed by atoms with Gasteiger partial charge in [0.2, 0.25) is 5.75 Å². The molecule has 5 nitrogen and oxygen atoms in total. The van der Waals surface area contributed by atoms with E-state index in [1.165, 1.54) is 30.3 Å². The summed E-state index contributed by atoms with van der Waals surface area (Å²) >= 11 is 0. The van der Waals surface area contributed by atoms with Crippen molar-refractivity contribution in [3.63, 3.8) is 0 Å². The maximum absolute atomic E-state index is 5.81. The minimum Gasteiger partial charge on any atom is -0.490 e. The summed E-state index contributed by atoms with van der Waals surface area (Å²) in [7, 11) is 1.57. The number of rotatable bonds is 3. The molecule has 0 atom stereocenters. The van der Waals surface area contributed by atoms with Crippen LogP contribution in [-0.4, -0.2) is 17.1 Å². The van der Waals surface area contributed by atoms with E-state index in [9.17, 15) is 0 Å². The first-order valence-corrected chi connectivity index (χ1v) is 6.82.